The van der Waals surface area contributed by atoms with Gasteiger partial charge in [-0.3, -0.25) is 0 Å². The van der Waals surface area contributed by atoms with Crippen LogP contribution in [0.3, 0.4) is 0 Å². The lowest BCUT2D eigenvalue weighted by molar-refractivity contribution is -0.151. The number of rotatable bonds is 3. The summed E-state index contributed by atoms with van der Waals surface area (Å²) in [5.41, 5.74) is 0.0238. The fourth-order valence-corrected chi connectivity index (χ4v) is 2.12. The summed E-state index contributed by atoms with van der Waals surface area (Å²) in [6, 6.07) is 1.55. The number of nitrogens with zero attached hydrogens (tertiary/aromatic N) is 1. The molecule has 1 saturated heterocycles. The van der Waals surface area contributed by atoms with Crippen molar-refractivity contribution in [3.63, 3.8) is 0 Å². The van der Waals surface area contributed by atoms with E-state index in [1.807, 2.05) is 12.3 Å². The molecule has 6 heteroatoms. The molecular formula is C12H17N3O3. The van der Waals surface area contributed by atoms with Crippen molar-refractivity contribution in [1.29, 1.82) is 0 Å². The van der Waals surface area contributed by atoms with E-state index in [4.69, 9.17) is 4.74 Å². The molecule has 0 saturated carbocycles. The number of methoxy groups -OCH3 is 1. The minimum absolute atomic E-state index is 0.104. The molecule has 1 aliphatic rings. The molecule has 18 heavy (non-hydrogen) atoms. The van der Waals surface area contributed by atoms with Gasteiger partial charge in [0, 0.05) is 18.9 Å². The van der Waals surface area contributed by atoms with Crippen LogP contribution in [0.2, 0.25) is 0 Å². The Hall–Kier alpha value is -1.98. The van der Waals surface area contributed by atoms with Crippen LogP contribution >= 0.6 is 0 Å². The molecule has 0 bridgehead atoms. The average Bonchev–Trinajstić information content (AvgIpc) is 2.96. The highest BCUT2D eigenvalue weighted by atomic mass is 16.5. The van der Waals surface area contributed by atoms with Gasteiger partial charge in [-0.25, -0.2) is 9.59 Å². The third kappa shape index (κ3) is 1.94. The monoisotopic (exact) mass is 251 g/mol. The summed E-state index contributed by atoms with van der Waals surface area (Å²) in [6.07, 6.45) is 3.63. The average molecular weight is 251 g/mol. The minimum atomic E-state index is -0.968. The molecule has 1 aromatic rings. The fraction of sp³-hybridized carbons (Fsp3) is 0.500. The van der Waals surface area contributed by atoms with Gasteiger partial charge in [-0.15, -0.1) is 0 Å². The second-order valence-corrected chi connectivity index (χ2v) is 4.81. The lowest BCUT2D eigenvalue weighted by atomic mass is 10.0. The molecule has 0 spiro atoms. The minimum Gasteiger partial charge on any atom is -0.467 e. The van der Waals surface area contributed by atoms with Crippen LogP contribution in [-0.2, 0) is 9.53 Å². The van der Waals surface area contributed by atoms with Crippen molar-refractivity contribution >= 4 is 12.0 Å². The molecule has 2 N–H and O–H groups in total. The first-order valence-electron chi connectivity index (χ1n) is 5.76. The standard InChI is InChI=1S/C12H17N3O3/c1-12(2,10(16)18-3)15-7-9(14-11(15)17)8-4-5-13-6-8/h4-6,9,13H,7H2,1-3H3,(H,14,17). The third-order valence-corrected chi connectivity index (χ3v) is 3.29. The maximum Gasteiger partial charge on any atom is 0.331 e. The summed E-state index contributed by atoms with van der Waals surface area (Å²) < 4.78 is 4.73. The second-order valence-electron chi connectivity index (χ2n) is 4.81. The number of esters is 1. The molecule has 0 aliphatic carbocycles. The SMILES string of the molecule is COC(=O)C(C)(C)N1CC(c2cc[nH]c2)NC1=O. The van der Waals surface area contributed by atoms with Crippen molar-refractivity contribution in [3.05, 3.63) is 24.0 Å². The fourth-order valence-electron chi connectivity index (χ4n) is 2.12. The highest BCUT2D eigenvalue weighted by Crippen LogP contribution is 2.26. The number of nitrogens with one attached hydrogen (secondary N) is 2. The van der Waals surface area contributed by atoms with E-state index in [0.717, 1.165) is 5.56 Å². The summed E-state index contributed by atoms with van der Waals surface area (Å²) in [7, 11) is 1.32. The molecule has 0 radical (unpaired) electrons. The Morgan fingerprint density at radius 1 is 1.56 bits per heavy atom. The summed E-state index contributed by atoms with van der Waals surface area (Å²) in [4.78, 5) is 28.1. The quantitative estimate of drug-likeness (QED) is 0.788. The lowest BCUT2D eigenvalue weighted by Crippen LogP contribution is -2.52. The largest absolute Gasteiger partial charge is 0.467 e. The summed E-state index contributed by atoms with van der Waals surface area (Å²) in [6.45, 7) is 3.80. The van der Waals surface area contributed by atoms with Crippen LogP contribution < -0.4 is 5.32 Å². The van der Waals surface area contributed by atoms with E-state index in [9.17, 15) is 9.59 Å². The van der Waals surface area contributed by atoms with Crippen molar-refractivity contribution in [1.82, 2.24) is 15.2 Å². The Morgan fingerprint density at radius 2 is 2.28 bits per heavy atom. The molecule has 6 nitrogen and oxygen atoms in total. The summed E-state index contributed by atoms with van der Waals surface area (Å²) in [5.74, 6) is -0.424. The number of aromatic amines is 1. The van der Waals surface area contributed by atoms with Gasteiger partial charge in [0.25, 0.3) is 0 Å². The normalized spacial score (nSPS) is 19.8. The van der Waals surface area contributed by atoms with Crippen LogP contribution in [0.4, 0.5) is 4.79 Å². The molecule has 2 rings (SSSR count). The first-order valence-corrected chi connectivity index (χ1v) is 5.76. The van der Waals surface area contributed by atoms with Gasteiger partial charge >= 0.3 is 12.0 Å². The number of ether oxygens (including phenoxy) is 1. The maximum absolute atomic E-state index is 11.9. The highest BCUT2D eigenvalue weighted by molar-refractivity contribution is 5.88. The van der Waals surface area contributed by atoms with Gasteiger partial charge in [0.15, 0.2) is 0 Å². The van der Waals surface area contributed by atoms with Crippen molar-refractivity contribution in [3.8, 4) is 0 Å². The molecule has 1 fully saturated rings. The number of H-pyrrole nitrogens is 1. The number of hydrogen-bond donors (Lipinski definition) is 2. The molecular weight excluding hydrogens is 234 g/mol. The highest BCUT2D eigenvalue weighted by Gasteiger charge is 2.44. The van der Waals surface area contributed by atoms with Gasteiger partial charge < -0.3 is 19.9 Å². The number of aromatic nitrogens is 1. The first-order chi connectivity index (χ1) is 8.46. The van der Waals surface area contributed by atoms with Crippen LogP contribution in [0.25, 0.3) is 0 Å². The predicted molar refractivity (Wildman–Crippen MR) is 64.9 cm³/mol. The van der Waals surface area contributed by atoms with E-state index >= 15 is 0 Å². The zero-order valence-corrected chi connectivity index (χ0v) is 10.7. The zero-order valence-electron chi connectivity index (χ0n) is 10.7. The summed E-state index contributed by atoms with van der Waals surface area (Å²) >= 11 is 0. The van der Waals surface area contributed by atoms with E-state index < -0.39 is 11.5 Å². The van der Waals surface area contributed by atoms with Crippen molar-refractivity contribution in [2.45, 2.75) is 25.4 Å². The van der Waals surface area contributed by atoms with E-state index in [2.05, 4.69) is 10.3 Å². The first kappa shape index (κ1) is 12.5. The van der Waals surface area contributed by atoms with Crippen LogP contribution in [0.15, 0.2) is 18.5 Å². The zero-order chi connectivity index (χ0) is 13.3. The van der Waals surface area contributed by atoms with E-state index in [0.29, 0.717) is 6.54 Å². The van der Waals surface area contributed by atoms with E-state index in [1.54, 1.807) is 20.0 Å². The summed E-state index contributed by atoms with van der Waals surface area (Å²) in [5, 5.41) is 2.85. The third-order valence-electron chi connectivity index (χ3n) is 3.29. The van der Waals surface area contributed by atoms with Gasteiger partial charge in [-0.05, 0) is 25.5 Å². The van der Waals surface area contributed by atoms with Gasteiger partial charge in [-0.1, -0.05) is 0 Å². The Bertz CT molecular complexity index is 453. The van der Waals surface area contributed by atoms with Crippen LogP contribution in [-0.4, -0.2) is 41.1 Å². The topological polar surface area (TPSA) is 74.4 Å². The number of carbonyl (C=O) groups excluding carboxylic acids is 2. The number of amides is 2. The van der Waals surface area contributed by atoms with Gasteiger partial charge in [0.2, 0.25) is 0 Å². The Kier molecular flexibility index (Phi) is 3.02. The molecule has 2 heterocycles. The van der Waals surface area contributed by atoms with Gasteiger partial charge in [-0.2, -0.15) is 0 Å². The smallest absolute Gasteiger partial charge is 0.331 e. The maximum atomic E-state index is 11.9. The number of carbonyl (C=O) groups is 2. The Morgan fingerprint density at radius 3 is 2.83 bits per heavy atom. The van der Waals surface area contributed by atoms with Crippen molar-refractivity contribution in [2.75, 3.05) is 13.7 Å². The van der Waals surface area contributed by atoms with E-state index in [-0.39, 0.29) is 12.1 Å². The predicted octanol–water partition coefficient (Wildman–Crippen LogP) is 1.03. The molecule has 1 atom stereocenters. The van der Waals surface area contributed by atoms with Gasteiger partial charge in [0.1, 0.15) is 5.54 Å². The number of urea groups is 1. The molecule has 98 valence electrons. The molecule has 0 aromatic carbocycles. The molecule has 1 aromatic heterocycles. The van der Waals surface area contributed by atoms with Crippen LogP contribution in [0.5, 0.6) is 0 Å². The van der Waals surface area contributed by atoms with Crippen molar-refractivity contribution in [2.24, 2.45) is 0 Å². The molecule has 1 aliphatic heterocycles. The van der Waals surface area contributed by atoms with Gasteiger partial charge in [0.05, 0.1) is 13.2 Å². The van der Waals surface area contributed by atoms with E-state index in [1.165, 1.54) is 12.0 Å². The molecule has 2 amide bonds. The molecule has 1 unspecified atom stereocenters. The van der Waals surface area contributed by atoms with Crippen LogP contribution in [0, 0.1) is 0 Å². The van der Waals surface area contributed by atoms with Crippen LogP contribution in [0.1, 0.15) is 25.5 Å². The Balaban J connectivity index is 2.17. The van der Waals surface area contributed by atoms with Crippen molar-refractivity contribution < 1.29 is 14.3 Å². The Labute approximate surface area is 105 Å². The second kappa shape index (κ2) is 4.36. The lowest BCUT2D eigenvalue weighted by Gasteiger charge is -2.31. The number of hydrogen-bond acceptors (Lipinski definition) is 3.